The molecule has 4 nitrogen and oxygen atoms in total. The van der Waals surface area contributed by atoms with E-state index in [2.05, 4.69) is 5.32 Å². The van der Waals surface area contributed by atoms with Crippen LogP contribution >= 0.6 is 0 Å². The van der Waals surface area contributed by atoms with Crippen molar-refractivity contribution in [2.45, 2.75) is 38.0 Å². The monoisotopic (exact) mass is 350 g/mol. The number of rotatable bonds is 7. The molecule has 0 aromatic heterocycles. The summed E-state index contributed by atoms with van der Waals surface area (Å²) in [5.74, 6) is 0.0879. The first-order valence-electron chi connectivity index (χ1n) is 9.27. The third-order valence-corrected chi connectivity index (χ3v) is 5.19. The zero-order valence-corrected chi connectivity index (χ0v) is 15.5. The Kier molecular flexibility index (Phi) is 5.40. The molecule has 26 heavy (non-hydrogen) atoms. The summed E-state index contributed by atoms with van der Waals surface area (Å²) in [7, 11) is 1.82. The van der Waals surface area contributed by atoms with Crippen molar-refractivity contribution in [1.29, 1.82) is 0 Å². The van der Waals surface area contributed by atoms with Gasteiger partial charge in [-0.1, -0.05) is 55.5 Å². The molecule has 2 aromatic rings. The number of carbonyl (C=O) groups is 2. The Balaban J connectivity index is 1.95. The van der Waals surface area contributed by atoms with E-state index in [-0.39, 0.29) is 11.8 Å². The molecule has 3 rings (SSSR count). The molecular formula is C22H26N2O2. The van der Waals surface area contributed by atoms with Crippen molar-refractivity contribution in [2.75, 3.05) is 18.5 Å². The smallest absolute Gasteiger partial charge is 0.237 e. The van der Waals surface area contributed by atoms with Gasteiger partial charge in [0.15, 0.2) is 0 Å². The average Bonchev–Trinajstić information content (AvgIpc) is 2.88. The second kappa shape index (κ2) is 7.73. The van der Waals surface area contributed by atoms with Crippen molar-refractivity contribution in [3.8, 4) is 0 Å². The van der Waals surface area contributed by atoms with E-state index in [1.54, 1.807) is 4.90 Å². The van der Waals surface area contributed by atoms with Crippen LogP contribution in [0.15, 0.2) is 54.6 Å². The lowest BCUT2D eigenvalue weighted by atomic mass is 9.73. The van der Waals surface area contributed by atoms with E-state index in [0.29, 0.717) is 25.8 Å². The number of anilines is 1. The molecule has 0 saturated heterocycles. The number of benzene rings is 2. The van der Waals surface area contributed by atoms with Gasteiger partial charge < -0.3 is 10.2 Å². The third kappa shape index (κ3) is 3.36. The van der Waals surface area contributed by atoms with Gasteiger partial charge >= 0.3 is 0 Å². The molecule has 2 amide bonds. The molecule has 1 unspecified atom stereocenters. The van der Waals surface area contributed by atoms with E-state index < -0.39 is 5.41 Å². The molecule has 0 radical (unpaired) electrons. The Morgan fingerprint density at radius 1 is 1.08 bits per heavy atom. The average molecular weight is 350 g/mol. The van der Waals surface area contributed by atoms with E-state index in [0.717, 1.165) is 23.2 Å². The minimum Gasteiger partial charge on any atom is -0.356 e. The quantitative estimate of drug-likeness (QED) is 0.831. The van der Waals surface area contributed by atoms with Gasteiger partial charge in [-0.25, -0.2) is 0 Å². The van der Waals surface area contributed by atoms with Crippen LogP contribution in [0.2, 0.25) is 0 Å². The van der Waals surface area contributed by atoms with Crippen LogP contribution in [-0.4, -0.2) is 25.4 Å². The van der Waals surface area contributed by atoms with Crippen LogP contribution in [-0.2, 0) is 21.4 Å². The zero-order chi connectivity index (χ0) is 18.6. The number of fused-ring (bicyclic) bond motifs is 1. The highest BCUT2D eigenvalue weighted by molar-refractivity contribution is 6.08. The van der Waals surface area contributed by atoms with Gasteiger partial charge in [0.2, 0.25) is 11.8 Å². The maximum Gasteiger partial charge on any atom is 0.237 e. The summed E-state index contributed by atoms with van der Waals surface area (Å²) in [6.07, 6.45) is 2.37. The van der Waals surface area contributed by atoms with E-state index >= 15 is 0 Å². The Hall–Kier alpha value is -2.62. The highest BCUT2D eigenvalue weighted by atomic mass is 16.2. The standard InChI is InChI=1S/C22H26N2O2/c1-3-15-23-20(25)13-14-22(16-17-9-5-4-6-10-17)18-11-7-8-12-19(18)24(2)21(22)26/h4-12H,3,13-16H2,1-2H3,(H,23,25). The normalized spacial score (nSPS) is 18.7. The van der Waals surface area contributed by atoms with E-state index in [9.17, 15) is 9.59 Å². The number of carbonyl (C=O) groups excluding carboxylic acids is 2. The molecule has 1 aliphatic rings. The Bertz CT molecular complexity index is 788. The summed E-state index contributed by atoms with van der Waals surface area (Å²) in [4.78, 5) is 27.3. The van der Waals surface area contributed by atoms with Crippen LogP contribution in [0.5, 0.6) is 0 Å². The summed E-state index contributed by atoms with van der Waals surface area (Å²) in [6.45, 7) is 2.71. The van der Waals surface area contributed by atoms with Crippen LogP contribution in [0.1, 0.15) is 37.3 Å². The minimum absolute atomic E-state index is 0.0131. The molecular weight excluding hydrogens is 324 g/mol. The summed E-state index contributed by atoms with van der Waals surface area (Å²) < 4.78 is 0. The topological polar surface area (TPSA) is 49.4 Å². The molecule has 0 spiro atoms. The lowest BCUT2D eigenvalue weighted by molar-refractivity contribution is -0.124. The van der Waals surface area contributed by atoms with Gasteiger partial charge in [0.25, 0.3) is 0 Å². The van der Waals surface area contributed by atoms with E-state index in [4.69, 9.17) is 0 Å². The molecule has 2 aromatic carbocycles. The number of para-hydroxylation sites is 1. The van der Waals surface area contributed by atoms with Gasteiger partial charge in [-0.2, -0.15) is 0 Å². The van der Waals surface area contributed by atoms with Crippen molar-refractivity contribution in [2.24, 2.45) is 0 Å². The number of nitrogens with one attached hydrogen (secondary N) is 1. The maximum absolute atomic E-state index is 13.3. The van der Waals surface area contributed by atoms with E-state index in [1.807, 2.05) is 68.6 Å². The summed E-state index contributed by atoms with van der Waals surface area (Å²) in [6, 6.07) is 18.0. The van der Waals surface area contributed by atoms with Crippen molar-refractivity contribution in [1.82, 2.24) is 5.32 Å². The van der Waals surface area contributed by atoms with Crippen LogP contribution in [0.25, 0.3) is 0 Å². The minimum atomic E-state index is -0.684. The predicted octanol–water partition coefficient (Wildman–Crippen LogP) is 3.45. The molecule has 1 heterocycles. The fourth-order valence-corrected chi connectivity index (χ4v) is 3.84. The number of amides is 2. The number of nitrogens with zero attached hydrogens (tertiary/aromatic N) is 1. The second-order valence-electron chi connectivity index (χ2n) is 6.98. The largest absolute Gasteiger partial charge is 0.356 e. The Morgan fingerprint density at radius 2 is 1.77 bits per heavy atom. The lowest BCUT2D eigenvalue weighted by Gasteiger charge is -2.28. The van der Waals surface area contributed by atoms with Crippen molar-refractivity contribution >= 4 is 17.5 Å². The first-order chi connectivity index (χ1) is 12.6. The molecule has 1 atom stereocenters. The first kappa shape index (κ1) is 18.2. The molecule has 0 aliphatic carbocycles. The van der Waals surface area contributed by atoms with Gasteiger partial charge in [0.1, 0.15) is 0 Å². The Labute approximate surface area is 155 Å². The summed E-state index contributed by atoms with van der Waals surface area (Å²) >= 11 is 0. The predicted molar refractivity (Wildman–Crippen MR) is 104 cm³/mol. The SMILES string of the molecule is CCCNC(=O)CCC1(Cc2ccccc2)C(=O)N(C)c2ccccc21. The van der Waals surface area contributed by atoms with Crippen molar-refractivity contribution in [3.63, 3.8) is 0 Å². The molecule has 136 valence electrons. The Morgan fingerprint density at radius 3 is 2.50 bits per heavy atom. The van der Waals surface area contributed by atoms with Crippen LogP contribution < -0.4 is 10.2 Å². The number of likely N-dealkylation sites (N-methyl/N-ethyl adjacent to an activating group) is 1. The number of hydrogen-bond donors (Lipinski definition) is 1. The fraction of sp³-hybridized carbons (Fsp3) is 0.364. The maximum atomic E-state index is 13.3. The highest BCUT2D eigenvalue weighted by Crippen LogP contribution is 2.46. The molecule has 1 N–H and O–H groups in total. The molecule has 0 fully saturated rings. The van der Waals surface area contributed by atoms with Gasteiger partial charge in [-0.15, -0.1) is 0 Å². The summed E-state index contributed by atoms with van der Waals surface area (Å²) in [5.41, 5.74) is 2.40. The van der Waals surface area contributed by atoms with Crippen LogP contribution in [0.4, 0.5) is 5.69 Å². The van der Waals surface area contributed by atoms with Crippen molar-refractivity contribution < 1.29 is 9.59 Å². The fourth-order valence-electron chi connectivity index (χ4n) is 3.84. The second-order valence-corrected chi connectivity index (χ2v) is 6.98. The van der Waals surface area contributed by atoms with Gasteiger partial charge in [-0.05, 0) is 36.5 Å². The van der Waals surface area contributed by atoms with Gasteiger partial charge in [-0.3, -0.25) is 9.59 Å². The summed E-state index contributed by atoms with van der Waals surface area (Å²) in [5, 5.41) is 2.92. The van der Waals surface area contributed by atoms with Gasteiger partial charge in [0, 0.05) is 25.7 Å². The molecule has 4 heteroatoms. The third-order valence-electron chi connectivity index (χ3n) is 5.19. The number of hydrogen-bond acceptors (Lipinski definition) is 2. The molecule has 0 saturated carbocycles. The molecule has 1 aliphatic heterocycles. The zero-order valence-electron chi connectivity index (χ0n) is 15.5. The molecule has 0 bridgehead atoms. The lowest BCUT2D eigenvalue weighted by Crippen LogP contribution is -2.41. The van der Waals surface area contributed by atoms with Crippen LogP contribution in [0, 0.1) is 0 Å². The van der Waals surface area contributed by atoms with Crippen LogP contribution in [0.3, 0.4) is 0 Å². The van der Waals surface area contributed by atoms with E-state index in [1.165, 1.54) is 0 Å². The highest BCUT2D eigenvalue weighted by Gasteiger charge is 2.49. The van der Waals surface area contributed by atoms with Crippen molar-refractivity contribution in [3.05, 3.63) is 65.7 Å². The van der Waals surface area contributed by atoms with Gasteiger partial charge in [0.05, 0.1) is 5.41 Å². The first-order valence-corrected chi connectivity index (χ1v) is 9.27.